The third-order valence-corrected chi connectivity index (χ3v) is 4.29. The Hall–Kier alpha value is -0.870. The fraction of sp³-hybridized carbons (Fsp3) is 0.462. The second kappa shape index (κ2) is 5.19. The summed E-state index contributed by atoms with van der Waals surface area (Å²) in [7, 11) is 0. The largest absolute Gasteiger partial charge is 0.327 e. The standard InChI is InChI=1S/C13H17BrN2O/c1-8-10(14)5-3-7-12(8)16-13(17)9-4-2-6-11(9)15/h3,5,7,9,11H,2,4,6,15H2,1H3,(H,16,17). The number of rotatable bonds is 2. The summed E-state index contributed by atoms with van der Waals surface area (Å²) in [5, 5.41) is 2.97. The maximum absolute atomic E-state index is 12.1. The first-order valence-electron chi connectivity index (χ1n) is 5.91. The minimum absolute atomic E-state index is 0.0162. The normalized spacial score (nSPS) is 23.7. The topological polar surface area (TPSA) is 55.1 Å². The maximum atomic E-state index is 12.1. The van der Waals surface area contributed by atoms with Crippen LogP contribution in [0.1, 0.15) is 24.8 Å². The quantitative estimate of drug-likeness (QED) is 0.882. The Labute approximate surface area is 110 Å². The van der Waals surface area contributed by atoms with Crippen LogP contribution in [0.2, 0.25) is 0 Å². The van der Waals surface area contributed by atoms with Crippen LogP contribution in [0.5, 0.6) is 0 Å². The van der Waals surface area contributed by atoms with Gasteiger partial charge in [0.05, 0.1) is 5.92 Å². The van der Waals surface area contributed by atoms with Gasteiger partial charge in [-0.1, -0.05) is 28.4 Å². The summed E-state index contributed by atoms with van der Waals surface area (Å²) in [6, 6.07) is 5.81. The molecule has 3 N–H and O–H groups in total. The number of hydrogen-bond acceptors (Lipinski definition) is 2. The van der Waals surface area contributed by atoms with Gasteiger partial charge in [0.1, 0.15) is 0 Å². The van der Waals surface area contributed by atoms with Crippen molar-refractivity contribution in [2.75, 3.05) is 5.32 Å². The predicted octanol–water partition coefficient (Wildman–Crippen LogP) is 2.82. The summed E-state index contributed by atoms with van der Waals surface area (Å²) in [6.45, 7) is 1.98. The van der Waals surface area contributed by atoms with Crippen molar-refractivity contribution >= 4 is 27.5 Å². The van der Waals surface area contributed by atoms with E-state index in [0.29, 0.717) is 0 Å². The molecule has 1 saturated carbocycles. The molecule has 1 fully saturated rings. The van der Waals surface area contributed by atoms with Gasteiger partial charge in [0.2, 0.25) is 5.91 Å². The predicted molar refractivity (Wildman–Crippen MR) is 72.8 cm³/mol. The average Bonchev–Trinajstić information content (AvgIpc) is 2.71. The number of carbonyl (C=O) groups excluding carboxylic acids is 1. The molecular weight excluding hydrogens is 280 g/mol. The second-order valence-electron chi connectivity index (χ2n) is 4.60. The SMILES string of the molecule is Cc1c(Br)cccc1NC(=O)C1CCCC1N. The van der Waals surface area contributed by atoms with E-state index in [1.165, 1.54) is 0 Å². The van der Waals surface area contributed by atoms with Crippen LogP contribution < -0.4 is 11.1 Å². The van der Waals surface area contributed by atoms with Crippen LogP contribution in [-0.4, -0.2) is 11.9 Å². The highest BCUT2D eigenvalue weighted by atomic mass is 79.9. The van der Waals surface area contributed by atoms with Gasteiger partial charge in [-0.3, -0.25) is 4.79 Å². The van der Waals surface area contributed by atoms with Crippen LogP contribution in [0.3, 0.4) is 0 Å². The fourth-order valence-corrected chi connectivity index (χ4v) is 2.65. The highest BCUT2D eigenvalue weighted by molar-refractivity contribution is 9.10. The zero-order valence-electron chi connectivity index (χ0n) is 9.87. The van der Waals surface area contributed by atoms with Crippen molar-refractivity contribution < 1.29 is 4.79 Å². The lowest BCUT2D eigenvalue weighted by molar-refractivity contribution is -0.120. The third kappa shape index (κ3) is 2.69. The van der Waals surface area contributed by atoms with E-state index < -0.39 is 0 Å². The summed E-state index contributed by atoms with van der Waals surface area (Å²) in [5.74, 6) is 0.0181. The van der Waals surface area contributed by atoms with E-state index in [9.17, 15) is 4.79 Å². The van der Waals surface area contributed by atoms with Crippen molar-refractivity contribution in [3.05, 3.63) is 28.2 Å². The van der Waals surface area contributed by atoms with E-state index in [2.05, 4.69) is 21.2 Å². The Balaban J connectivity index is 2.10. The highest BCUT2D eigenvalue weighted by Gasteiger charge is 2.30. The molecule has 1 aliphatic carbocycles. The molecule has 0 aromatic heterocycles. The van der Waals surface area contributed by atoms with Gasteiger partial charge in [0, 0.05) is 16.2 Å². The number of anilines is 1. The first-order chi connectivity index (χ1) is 8.09. The second-order valence-corrected chi connectivity index (χ2v) is 5.46. The van der Waals surface area contributed by atoms with Gasteiger partial charge in [0.25, 0.3) is 0 Å². The molecule has 2 atom stereocenters. The van der Waals surface area contributed by atoms with E-state index in [0.717, 1.165) is 35.0 Å². The fourth-order valence-electron chi connectivity index (χ4n) is 2.28. The van der Waals surface area contributed by atoms with Gasteiger partial charge >= 0.3 is 0 Å². The van der Waals surface area contributed by atoms with Crippen molar-refractivity contribution in [3.63, 3.8) is 0 Å². The number of nitrogens with two attached hydrogens (primary N) is 1. The van der Waals surface area contributed by atoms with Gasteiger partial charge in [-0.25, -0.2) is 0 Å². The van der Waals surface area contributed by atoms with Crippen molar-refractivity contribution in [2.24, 2.45) is 11.7 Å². The van der Waals surface area contributed by atoms with Crippen LogP contribution in [-0.2, 0) is 4.79 Å². The first kappa shape index (κ1) is 12.6. The van der Waals surface area contributed by atoms with Crippen LogP contribution in [0, 0.1) is 12.8 Å². The Morgan fingerprint density at radius 1 is 1.47 bits per heavy atom. The molecule has 0 spiro atoms. The number of halogens is 1. The number of nitrogens with one attached hydrogen (secondary N) is 1. The van der Waals surface area contributed by atoms with E-state index >= 15 is 0 Å². The molecule has 4 heteroatoms. The van der Waals surface area contributed by atoms with Gasteiger partial charge in [-0.15, -0.1) is 0 Å². The smallest absolute Gasteiger partial charge is 0.229 e. The molecule has 0 heterocycles. The lowest BCUT2D eigenvalue weighted by Gasteiger charge is -2.16. The maximum Gasteiger partial charge on any atom is 0.229 e. The Bertz CT molecular complexity index is 433. The molecule has 1 aliphatic rings. The highest BCUT2D eigenvalue weighted by Crippen LogP contribution is 2.28. The number of amides is 1. The van der Waals surface area contributed by atoms with E-state index in [-0.39, 0.29) is 17.9 Å². The summed E-state index contributed by atoms with van der Waals surface area (Å²) in [4.78, 5) is 12.1. The molecule has 0 bridgehead atoms. The minimum atomic E-state index is -0.0339. The van der Waals surface area contributed by atoms with Crippen LogP contribution in [0.25, 0.3) is 0 Å². The number of hydrogen-bond donors (Lipinski definition) is 2. The lowest BCUT2D eigenvalue weighted by Crippen LogP contribution is -2.34. The lowest BCUT2D eigenvalue weighted by atomic mass is 10.0. The van der Waals surface area contributed by atoms with Gasteiger partial charge < -0.3 is 11.1 Å². The molecule has 1 aromatic carbocycles. The van der Waals surface area contributed by atoms with Crippen molar-refractivity contribution in [1.82, 2.24) is 0 Å². The number of benzene rings is 1. The molecule has 0 radical (unpaired) electrons. The Kier molecular flexibility index (Phi) is 3.84. The van der Waals surface area contributed by atoms with Gasteiger partial charge in [-0.2, -0.15) is 0 Å². The Morgan fingerprint density at radius 2 is 2.24 bits per heavy atom. The Morgan fingerprint density at radius 3 is 2.88 bits per heavy atom. The molecule has 1 amide bonds. The average molecular weight is 297 g/mol. The van der Waals surface area contributed by atoms with Crippen molar-refractivity contribution in [1.29, 1.82) is 0 Å². The summed E-state index contributed by atoms with van der Waals surface area (Å²) < 4.78 is 1.01. The molecule has 3 nitrogen and oxygen atoms in total. The monoisotopic (exact) mass is 296 g/mol. The van der Waals surface area contributed by atoms with Crippen molar-refractivity contribution in [2.45, 2.75) is 32.2 Å². The summed E-state index contributed by atoms with van der Waals surface area (Å²) >= 11 is 3.46. The molecular formula is C13H17BrN2O. The minimum Gasteiger partial charge on any atom is -0.327 e. The molecule has 92 valence electrons. The van der Waals surface area contributed by atoms with Crippen LogP contribution in [0.15, 0.2) is 22.7 Å². The molecule has 17 heavy (non-hydrogen) atoms. The molecule has 1 aromatic rings. The van der Waals surface area contributed by atoms with Gasteiger partial charge in [-0.05, 0) is 37.5 Å². The zero-order chi connectivity index (χ0) is 12.4. The van der Waals surface area contributed by atoms with Crippen molar-refractivity contribution in [3.8, 4) is 0 Å². The van der Waals surface area contributed by atoms with Gasteiger partial charge in [0.15, 0.2) is 0 Å². The molecule has 2 rings (SSSR count). The molecule has 0 saturated heterocycles. The van der Waals surface area contributed by atoms with E-state index in [1.54, 1.807) is 0 Å². The molecule has 0 aliphatic heterocycles. The van der Waals surface area contributed by atoms with Crippen LogP contribution >= 0.6 is 15.9 Å². The summed E-state index contributed by atoms with van der Waals surface area (Å²) in [5.41, 5.74) is 7.84. The third-order valence-electron chi connectivity index (χ3n) is 3.43. The molecule has 2 unspecified atom stereocenters. The summed E-state index contributed by atoms with van der Waals surface area (Å²) in [6.07, 6.45) is 2.91. The first-order valence-corrected chi connectivity index (χ1v) is 6.70. The van der Waals surface area contributed by atoms with E-state index in [4.69, 9.17) is 5.73 Å². The van der Waals surface area contributed by atoms with E-state index in [1.807, 2.05) is 25.1 Å². The zero-order valence-corrected chi connectivity index (χ0v) is 11.5. The van der Waals surface area contributed by atoms with Crippen LogP contribution in [0.4, 0.5) is 5.69 Å². The number of carbonyl (C=O) groups is 1.